The minimum atomic E-state index is -0.319. The lowest BCUT2D eigenvalue weighted by molar-refractivity contribution is -0.712. The fraction of sp³-hybridized carbons (Fsp3) is 0.923. The Hall–Kier alpha value is -0.570. The molecule has 0 spiro atoms. The topological polar surface area (TPSA) is 42.9 Å². The van der Waals surface area contributed by atoms with E-state index in [1.807, 2.05) is 20.8 Å². The van der Waals surface area contributed by atoms with Gasteiger partial charge in [0.15, 0.2) is 0 Å². The summed E-state index contributed by atoms with van der Waals surface area (Å²) in [4.78, 5) is 12.0. The molecular weight excluding hydrogens is 202 g/mol. The number of esters is 1. The van der Waals surface area contributed by atoms with Crippen LogP contribution < -0.4 is 5.32 Å². The smallest absolute Gasteiger partial charge is 0.311 e. The quantitative estimate of drug-likeness (QED) is 0.735. The number of ether oxygens (including phenoxy) is 1. The summed E-state index contributed by atoms with van der Waals surface area (Å²) in [5.74, 6) is -0.0127. The normalized spacial score (nSPS) is 33.8. The number of carbonyl (C=O) groups is 1. The lowest BCUT2D eigenvalue weighted by Gasteiger charge is -2.29. The summed E-state index contributed by atoms with van der Waals surface area (Å²) in [6.07, 6.45) is 5.74. The zero-order valence-electron chi connectivity index (χ0n) is 10.7. The Labute approximate surface area is 97.9 Å². The van der Waals surface area contributed by atoms with E-state index in [-0.39, 0.29) is 17.5 Å². The van der Waals surface area contributed by atoms with Crippen molar-refractivity contribution in [3.8, 4) is 0 Å². The zero-order chi connectivity index (χ0) is 11.8. The SMILES string of the molecule is CCC(C)(C)C(=O)OC1CC2CCC(C1)[NH2+]2. The minimum absolute atomic E-state index is 0.0127. The first kappa shape index (κ1) is 11.9. The fourth-order valence-corrected chi connectivity index (χ4v) is 2.72. The average molecular weight is 226 g/mol. The number of nitrogens with two attached hydrogens (primary N) is 1. The molecule has 0 amide bonds. The molecule has 3 nitrogen and oxygen atoms in total. The molecule has 0 saturated carbocycles. The molecule has 0 aromatic heterocycles. The first-order chi connectivity index (χ1) is 7.51. The van der Waals surface area contributed by atoms with Gasteiger partial charge >= 0.3 is 5.97 Å². The largest absolute Gasteiger partial charge is 0.461 e. The second-order valence-corrected chi connectivity index (χ2v) is 6.03. The van der Waals surface area contributed by atoms with Crippen LogP contribution in [0.5, 0.6) is 0 Å². The summed E-state index contributed by atoms with van der Waals surface area (Å²) < 4.78 is 5.67. The number of piperidine rings is 1. The second-order valence-electron chi connectivity index (χ2n) is 6.03. The molecule has 3 heteroatoms. The van der Waals surface area contributed by atoms with E-state index in [0.717, 1.165) is 19.3 Å². The molecule has 92 valence electrons. The number of rotatable bonds is 3. The molecule has 2 aliphatic rings. The number of hydrogen-bond donors (Lipinski definition) is 1. The van der Waals surface area contributed by atoms with Crippen molar-refractivity contribution in [1.29, 1.82) is 0 Å². The Kier molecular flexibility index (Phi) is 3.24. The van der Waals surface area contributed by atoms with Crippen molar-refractivity contribution in [3.05, 3.63) is 0 Å². The number of carbonyl (C=O) groups excluding carboxylic acids is 1. The van der Waals surface area contributed by atoms with Crippen LogP contribution in [-0.4, -0.2) is 24.2 Å². The molecule has 2 unspecified atom stereocenters. The van der Waals surface area contributed by atoms with Gasteiger partial charge in [-0.25, -0.2) is 0 Å². The van der Waals surface area contributed by atoms with Crippen molar-refractivity contribution in [2.45, 2.75) is 71.1 Å². The average Bonchev–Trinajstić information content (AvgIpc) is 2.58. The molecule has 2 rings (SSSR count). The third kappa shape index (κ3) is 2.40. The highest BCUT2D eigenvalue weighted by Crippen LogP contribution is 2.27. The fourth-order valence-electron chi connectivity index (χ4n) is 2.72. The summed E-state index contributed by atoms with van der Waals surface area (Å²) in [6, 6.07) is 1.42. The molecule has 2 atom stereocenters. The number of fused-ring (bicyclic) bond motifs is 2. The van der Waals surface area contributed by atoms with Gasteiger partial charge in [-0.1, -0.05) is 6.92 Å². The maximum absolute atomic E-state index is 12.0. The predicted molar refractivity (Wildman–Crippen MR) is 61.9 cm³/mol. The third-order valence-corrected chi connectivity index (χ3v) is 4.29. The monoisotopic (exact) mass is 226 g/mol. The first-order valence-corrected chi connectivity index (χ1v) is 6.57. The van der Waals surface area contributed by atoms with Crippen molar-refractivity contribution in [1.82, 2.24) is 0 Å². The van der Waals surface area contributed by atoms with Crippen molar-refractivity contribution in [3.63, 3.8) is 0 Å². The van der Waals surface area contributed by atoms with Gasteiger partial charge in [-0.15, -0.1) is 0 Å². The van der Waals surface area contributed by atoms with Crippen molar-refractivity contribution in [2.75, 3.05) is 0 Å². The van der Waals surface area contributed by atoms with Crippen LogP contribution in [0, 0.1) is 5.41 Å². The Morgan fingerprint density at radius 2 is 1.88 bits per heavy atom. The molecule has 2 fully saturated rings. The van der Waals surface area contributed by atoms with Crippen LogP contribution in [0.2, 0.25) is 0 Å². The summed E-state index contributed by atoms with van der Waals surface area (Å²) in [5.41, 5.74) is -0.319. The van der Waals surface area contributed by atoms with Crippen LogP contribution in [0.25, 0.3) is 0 Å². The van der Waals surface area contributed by atoms with Crippen LogP contribution in [0.15, 0.2) is 0 Å². The van der Waals surface area contributed by atoms with Crippen LogP contribution in [-0.2, 0) is 9.53 Å². The summed E-state index contributed by atoms with van der Waals surface area (Å²) in [6.45, 7) is 5.98. The van der Waals surface area contributed by atoms with Gasteiger partial charge in [0.1, 0.15) is 6.10 Å². The van der Waals surface area contributed by atoms with Crippen LogP contribution in [0.3, 0.4) is 0 Å². The van der Waals surface area contributed by atoms with Crippen LogP contribution in [0.1, 0.15) is 52.9 Å². The first-order valence-electron chi connectivity index (χ1n) is 6.57. The molecule has 2 N–H and O–H groups in total. The Bertz CT molecular complexity index is 263. The molecule has 0 radical (unpaired) electrons. The van der Waals surface area contributed by atoms with Gasteiger partial charge in [0, 0.05) is 25.7 Å². The number of quaternary nitrogens is 1. The molecule has 2 aliphatic heterocycles. The highest BCUT2D eigenvalue weighted by Gasteiger charge is 2.40. The molecule has 0 aromatic rings. The Morgan fingerprint density at radius 1 is 1.31 bits per heavy atom. The van der Waals surface area contributed by atoms with Gasteiger partial charge in [-0.05, 0) is 20.3 Å². The van der Waals surface area contributed by atoms with Gasteiger partial charge in [0.25, 0.3) is 0 Å². The number of hydrogen-bond acceptors (Lipinski definition) is 2. The van der Waals surface area contributed by atoms with E-state index >= 15 is 0 Å². The lowest BCUT2D eigenvalue weighted by Crippen LogP contribution is -2.93. The summed E-state index contributed by atoms with van der Waals surface area (Å²) >= 11 is 0. The molecular formula is C13H24NO2+. The second kappa shape index (κ2) is 4.36. The van der Waals surface area contributed by atoms with Crippen molar-refractivity contribution >= 4 is 5.97 Å². The van der Waals surface area contributed by atoms with E-state index in [0.29, 0.717) is 12.1 Å². The van der Waals surface area contributed by atoms with Gasteiger partial charge in [-0.2, -0.15) is 0 Å². The van der Waals surface area contributed by atoms with Gasteiger partial charge in [0.05, 0.1) is 17.5 Å². The molecule has 0 aliphatic carbocycles. The molecule has 16 heavy (non-hydrogen) atoms. The molecule has 0 aromatic carbocycles. The van der Waals surface area contributed by atoms with Crippen molar-refractivity contribution in [2.24, 2.45) is 5.41 Å². The van der Waals surface area contributed by atoms with Crippen LogP contribution >= 0.6 is 0 Å². The van der Waals surface area contributed by atoms with E-state index < -0.39 is 0 Å². The summed E-state index contributed by atoms with van der Waals surface area (Å²) in [5, 5.41) is 2.47. The minimum Gasteiger partial charge on any atom is -0.461 e. The summed E-state index contributed by atoms with van der Waals surface area (Å²) in [7, 11) is 0. The van der Waals surface area contributed by atoms with E-state index in [4.69, 9.17) is 4.74 Å². The van der Waals surface area contributed by atoms with E-state index in [1.54, 1.807) is 0 Å². The highest BCUT2D eigenvalue weighted by atomic mass is 16.5. The van der Waals surface area contributed by atoms with Crippen molar-refractivity contribution < 1.29 is 14.8 Å². The third-order valence-electron chi connectivity index (χ3n) is 4.29. The highest BCUT2D eigenvalue weighted by molar-refractivity contribution is 5.76. The maximum Gasteiger partial charge on any atom is 0.311 e. The standard InChI is InChI=1S/C13H23NO2/c1-4-13(2,3)12(15)16-11-7-9-5-6-10(8-11)14-9/h9-11,14H,4-8H2,1-3H3/p+1. The Balaban J connectivity index is 1.88. The Morgan fingerprint density at radius 3 is 2.38 bits per heavy atom. The maximum atomic E-state index is 12.0. The van der Waals surface area contributed by atoms with Gasteiger partial charge < -0.3 is 10.1 Å². The van der Waals surface area contributed by atoms with E-state index in [1.165, 1.54) is 12.8 Å². The molecule has 2 bridgehead atoms. The molecule has 2 heterocycles. The van der Waals surface area contributed by atoms with Gasteiger partial charge in [0.2, 0.25) is 0 Å². The lowest BCUT2D eigenvalue weighted by atomic mass is 9.90. The van der Waals surface area contributed by atoms with E-state index in [9.17, 15) is 4.79 Å². The zero-order valence-corrected chi connectivity index (χ0v) is 10.7. The van der Waals surface area contributed by atoms with E-state index in [2.05, 4.69) is 5.32 Å². The predicted octanol–water partition coefficient (Wildman–Crippen LogP) is 1.22. The van der Waals surface area contributed by atoms with Crippen LogP contribution in [0.4, 0.5) is 0 Å². The van der Waals surface area contributed by atoms with Gasteiger partial charge in [-0.3, -0.25) is 4.79 Å². The molecule has 2 saturated heterocycles.